The Hall–Kier alpha value is -0.520. The number of halogens is 3. The molecule has 0 saturated carbocycles. The molecule has 2 heterocycles. The fraction of sp³-hybridized carbons (Fsp3) is 0. The van der Waals surface area contributed by atoms with Crippen molar-refractivity contribution in [3.63, 3.8) is 0 Å². The van der Waals surface area contributed by atoms with Crippen LogP contribution in [0.3, 0.4) is 0 Å². The van der Waals surface area contributed by atoms with Crippen molar-refractivity contribution < 1.29 is 0 Å². The van der Waals surface area contributed by atoms with Gasteiger partial charge in [-0.2, -0.15) is 0 Å². The van der Waals surface area contributed by atoms with Crippen molar-refractivity contribution in [2.45, 2.75) is 0 Å². The van der Waals surface area contributed by atoms with E-state index in [0.29, 0.717) is 21.1 Å². The summed E-state index contributed by atoms with van der Waals surface area (Å²) in [5, 5.41) is 0.379. The molecule has 0 unspecified atom stereocenters. The molecule has 2 aromatic rings. The first-order chi connectivity index (χ1) is 7.16. The lowest BCUT2D eigenvalue weighted by Gasteiger charge is -2.00. The van der Waals surface area contributed by atoms with E-state index in [-0.39, 0.29) is 0 Å². The van der Waals surface area contributed by atoms with E-state index in [1.807, 2.05) is 12.1 Å². The van der Waals surface area contributed by atoms with Gasteiger partial charge < -0.3 is 0 Å². The summed E-state index contributed by atoms with van der Waals surface area (Å²) in [7, 11) is 0. The number of rotatable bonds is 1. The Labute approximate surface area is 108 Å². The Morgan fingerprint density at radius 1 is 1.07 bits per heavy atom. The Morgan fingerprint density at radius 3 is 2.47 bits per heavy atom. The van der Waals surface area contributed by atoms with Crippen LogP contribution in [-0.4, -0.2) is 15.0 Å². The van der Waals surface area contributed by atoms with Crippen LogP contribution in [0.1, 0.15) is 0 Å². The van der Waals surface area contributed by atoms with Crippen LogP contribution < -0.4 is 0 Å². The zero-order valence-electron chi connectivity index (χ0n) is 7.28. The second-order valence-electron chi connectivity index (χ2n) is 2.69. The highest BCUT2D eigenvalue weighted by atomic mass is 79.9. The largest absolute Gasteiger partial charge is 0.252 e. The number of hydrogen-bond donors (Lipinski definition) is 0. The molecule has 0 N–H and O–H groups in total. The molecule has 2 aromatic heterocycles. The van der Waals surface area contributed by atoms with Crippen molar-refractivity contribution in [1.29, 1.82) is 0 Å². The number of pyridine rings is 1. The Morgan fingerprint density at radius 2 is 1.87 bits per heavy atom. The highest BCUT2D eigenvalue weighted by Crippen LogP contribution is 2.22. The van der Waals surface area contributed by atoms with Gasteiger partial charge in [0.15, 0.2) is 5.82 Å². The summed E-state index contributed by atoms with van der Waals surface area (Å²) >= 11 is 12.4. The molecule has 76 valence electrons. The van der Waals surface area contributed by atoms with Crippen molar-refractivity contribution in [1.82, 2.24) is 15.0 Å². The molecule has 0 aliphatic carbocycles. The van der Waals surface area contributed by atoms with Gasteiger partial charge in [-0.3, -0.25) is 4.98 Å². The van der Waals surface area contributed by atoms with Gasteiger partial charge in [0.2, 0.25) is 0 Å². The Bertz CT molecular complexity index is 487. The highest BCUT2D eigenvalue weighted by Gasteiger charge is 2.05. The minimum absolute atomic E-state index is 0.379. The summed E-state index contributed by atoms with van der Waals surface area (Å²) in [6.45, 7) is 0. The maximum Gasteiger partial charge on any atom is 0.179 e. The van der Waals surface area contributed by atoms with Gasteiger partial charge in [-0.05, 0) is 44.0 Å². The standard InChI is InChI=1S/C9H4Br2ClN3/c10-5-1-2-7(13-3-5)9-14-4-6(11)8(12)15-9/h1-4H. The third-order valence-electron chi connectivity index (χ3n) is 1.66. The average molecular weight is 349 g/mol. The molecule has 0 amide bonds. The molecule has 2 rings (SSSR count). The zero-order chi connectivity index (χ0) is 10.8. The predicted octanol–water partition coefficient (Wildman–Crippen LogP) is 3.72. The lowest BCUT2D eigenvalue weighted by atomic mass is 10.3. The summed E-state index contributed by atoms with van der Waals surface area (Å²) in [5.41, 5.74) is 0.688. The molecule has 15 heavy (non-hydrogen) atoms. The van der Waals surface area contributed by atoms with Gasteiger partial charge in [0, 0.05) is 16.9 Å². The van der Waals surface area contributed by atoms with Gasteiger partial charge in [0.05, 0.1) is 4.47 Å². The summed E-state index contributed by atoms with van der Waals surface area (Å²) in [6.07, 6.45) is 3.29. The minimum Gasteiger partial charge on any atom is -0.252 e. The summed E-state index contributed by atoms with van der Waals surface area (Å²) < 4.78 is 1.58. The second kappa shape index (κ2) is 4.55. The van der Waals surface area contributed by atoms with E-state index in [0.717, 1.165) is 4.47 Å². The molecule has 0 fully saturated rings. The normalized spacial score (nSPS) is 10.3. The predicted molar refractivity (Wildman–Crippen MR) is 65.7 cm³/mol. The molecule has 0 aliphatic rings. The molecular formula is C9H4Br2ClN3. The number of aromatic nitrogens is 3. The molecule has 0 aliphatic heterocycles. The number of nitrogens with zero attached hydrogens (tertiary/aromatic N) is 3. The SMILES string of the molecule is Clc1nc(-c2ccc(Br)cn2)ncc1Br. The Kier molecular flexibility index (Phi) is 3.33. The fourth-order valence-electron chi connectivity index (χ4n) is 0.978. The van der Waals surface area contributed by atoms with E-state index in [9.17, 15) is 0 Å². The van der Waals surface area contributed by atoms with Gasteiger partial charge in [0.25, 0.3) is 0 Å². The van der Waals surface area contributed by atoms with Gasteiger partial charge >= 0.3 is 0 Å². The van der Waals surface area contributed by atoms with Crippen molar-refractivity contribution in [2.75, 3.05) is 0 Å². The van der Waals surface area contributed by atoms with E-state index >= 15 is 0 Å². The molecule has 0 spiro atoms. The van der Waals surface area contributed by atoms with E-state index in [2.05, 4.69) is 46.8 Å². The van der Waals surface area contributed by atoms with Gasteiger partial charge in [-0.1, -0.05) is 11.6 Å². The quantitative estimate of drug-likeness (QED) is 0.737. The smallest absolute Gasteiger partial charge is 0.179 e. The molecule has 0 bridgehead atoms. The summed E-state index contributed by atoms with van der Waals surface area (Å²) in [5.74, 6) is 0.510. The van der Waals surface area contributed by atoms with Crippen molar-refractivity contribution in [3.05, 3.63) is 38.6 Å². The molecule has 0 aromatic carbocycles. The van der Waals surface area contributed by atoms with Gasteiger partial charge in [0.1, 0.15) is 10.8 Å². The summed E-state index contributed by atoms with van der Waals surface area (Å²) in [6, 6.07) is 3.70. The van der Waals surface area contributed by atoms with Crippen LogP contribution in [0.5, 0.6) is 0 Å². The molecule has 0 saturated heterocycles. The zero-order valence-corrected chi connectivity index (χ0v) is 11.2. The lowest BCUT2D eigenvalue weighted by molar-refractivity contribution is 1.13. The third kappa shape index (κ3) is 2.53. The highest BCUT2D eigenvalue weighted by molar-refractivity contribution is 9.10. The molecule has 0 atom stereocenters. The Balaban J connectivity index is 2.45. The van der Waals surface area contributed by atoms with Crippen LogP contribution in [0.2, 0.25) is 5.15 Å². The second-order valence-corrected chi connectivity index (χ2v) is 4.82. The first kappa shape index (κ1) is 11.0. The van der Waals surface area contributed by atoms with Crippen LogP contribution in [0, 0.1) is 0 Å². The summed E-state index contributed by atoms with van der Waals surface area (Å²) in [4.78, 5) is 12.4. The van der Waals surface area contributed by atoms with Gasteiger partial charge in [-0.15, -0.1) is 0 Å². The van der Waals surface area contributed by atoms with Crippen molar-refractivity contribution in [3.8, 4) is 11.5 Å². The molecule has 3 nitrogen and oxygen atoms in total. The topological polar surface area (TPSA) is 38.7 Å². The van der Waals surface area contributed by atoms with Crippen LogP contribution in [0.25, 0.3) is 11.5 Å². The average Bonchev–Trinajstić information content (AvgIpc) is 2.23. The lowest BCUT2D eigenvalue weighted by Crippen LogP contribution is -1.91. The van der Waals surface area contributed by atoms with E-state index in [4.69, 9.17) is 11.6 Å². The van der Waals surface area contributed by atoms with E-state index in [1.165, 1.54) is 0 Å². The molecular weight excluding hydrogens is 345 g/mol. The first-order valence-corrected chi connectivity index (χ1v) is 5.93. The van der Waals surface area contributed by atoms with Crippen molar-refractivity contribution >= 4 is 43.5 Å². The van der Waals surface area contributed by atoms with Crippen LogP contribution >= 0.6 is 43.5 Å². The first-order valence-electron chi connectivity index (χ1n) is 3.97. The van der Waals surface area contributed by atoms with Crippen LogP contribution in [0.4, 0.5) is 0 Å². The fourth-order valence-corrected chi connectivity index (χ4v) is 1.53. The molecule has 0 radical (unpaired) electrons. The molecule has 6 heteroatoms. The van der Waals surface area contributed by atoms with Crippen LogP contribution in [-0.2, 0) is 0 Å². The maximum atomic E-state index is 5.86. The van der Waals surface area contributed by atoms with E-state index in [1.54, 1.807) is 12.4 Å². The third-order valence-corrected chi connectivity index (χ3v) is 3.22. The van der Waals surface area contributed by atoms with Crippen LogP contribution in [0.15, 0.2) is 33.5 Å². The minimum atomic E-state index is 0.379. The van der Waals surface area contributed by atoms with E-state index < -0.39 is 0 Å². The number of hydrogen-bond acceptors (Lipinski definition) is 3. The maximum absolute atomic E-state index is 5.86. The van der Waals surface area contributed by atoms with Crippen molar-refractivity contribution in [2.24, 2.45) is 0 Å². The monoisotopic (exact) mass is 347 g/mol. The van der Waals surface area contributed by atoms with Gasteiger partial charge in [-0.25, -0.2) is 9.97 Å².